The Morgan fingerprint density at radius 1 is 1.19 bits per heavy atom. The Hall–Kier alpha value is -4.06. The van der Waals surface area contributed by atoms with Gasteiger partial charge in [0.2, 0.25) is 0 Å². The van der Waals surface area contributed by atoms with Crippen LogP contribution in [0.5, 0.6) is 0 Å². The molecule has 0 atom stereocenters. The largest absolute Gasteiger partial charge is 0.465 e. The van der Waals surface area contributed by atoms with Gasteiger partial charge in [-0.05, 0) is 12.1 Å². The molecule has 0 bridgehead atoms. The average Bonchev–Trinajstić information content (AvgIpc) is 3.06. The minimum atomic E-state index is -1.30. The third-order valence-electron chi connectivity index (χ3n) is 4.60. The van der Waals surface area contributed by atoms with Crippen LogP contribution in [0.1, 0.15) is 5.56 Å². The first kappa shape index (κ1) is 22.6. The van der Waals surface area contributed by atoms with Crippen molar-refractivity contribution in [1.29, 1.82) is 0 Å². The zero-order valence-electron chi connectivity index (χ0n) is 16.5. The van der Waals surface area contributed by atoms with E-state index in [9.17, 15) is 18.7 Å². The number of hydrogen-bond donors (Lipinski definition) is 3. The number of hydrogen-bond acceptors (Lipinski definition) is 7. The second-order valence-electron chi connectivity index (χ2n) is 6.63. The minimum Gasteiger partial charge on any atom is -0.465 e. The quantitative estimate of drug-likeness (QED) is 0.419. The molecule has 32 heavy (non-hydrogen) atoms. The Morgan fingerprint density at radius 2 is 1.84 bits per heavy atom. The highest BCUT2D eigenvalue weighted by molar-refractivity contribution is 5.95. The predicted molar refractivity (Wildman–Crippen MR) is 117 cm³/mol. The Labute approximate surface area is 185 Å². The van der Waals surface area contributed by atoms with Crippen LogP contribution in [-0.4, -0.2) is 43.0 Å². The van der Waals surface area contributed by atoms with Crippen molar-refractivity contribution >= 4 is 46.9 Å². The maximum Gasteiger partial charge on any atom is 0.411 e. The van der Waals surface area contributed by atoms with Crippen LogP contribution in [0.2, 0.25) is 0 Å². The van der Waals surface area contributed by atoms with Gasteiger partial charge in [0.1, 0.15) is 23.0 Å². The molecule has 4 aromatic rings. The van der Waals surface area contributed by atoms with Gasteiger partial charge in [0.05, 0.1) is 18.1 Å². The molecular weight excluding hydrogens is 446 g/mol. The summed E-state index contributed by atoms with van der Waals surface area (Å²) in [6.45, 7) is 0.0204. The maximum atomic E-state index is 14.1. The van der Waals surface area contributed by atoms with Crippen LogP contribution >= 0.6 is 12.4 Å². The van der Waals surface area contributed by atoms with Crippen LogP contribution in [0.15, 0.2) is 36.5 Å². The summed E-state index contributed by atoms with van der Waals surface area (Å²) in [5.41, 5.74) is 12.5. The van der Waals surface area contributed by atoms with E-state index in [1.54, 1.807) is 18.2 Å². The SMILES string of the molecule is CN(C(=O)O)c1c(N)nc(-c2nn(Cc3ccccc3F)c3ncc(F)cc23)nc1N.Cl. The molecule has 0 unspecified atom stereocenters. The second-order valence-corrected chi connectivity index (χ2v) is 6.63. The summed E-state index contributed by atoms with van der Waals surface area (Å²) in [5, 5.41) is 13.8. The molecule has 1 amide bonds. The summed E-state index contributed by atoms with van der Waals surface area (Å²) in [4.78, 5) is 24.3. The first-order valence-electron chi connectivity index (χ1n) is 8.91. The smallest absolute Gasteiger partial charge is 0.411 e. The number of halogens is 3. The fourth-order valence-corrected chi connectivity index (χ4v) is 3.13. The Kier molecular flexibility index (Phi) is 6.07. The highest BCUT2D eigenvalue weighted by Crippen LogP contribution is 2.32. The molecule has 10 nitrogen and oxygen atoms in total. The van der Waals surface area contributed by atoms with Gasteiger partial charge in [-0.3, -0.25) is 4.90 Å². The Balaban J connectivity index is 0.00000289. The average molecular weight is 463 g/mol. The molecule has 0 saturated carbocycles. The van der Waals surface area contributed by atoms with Gasteiger partial charge in [-0.15, -0.1) is 12.4 Å². The number of benzene rings is 1. The molecule has 13 heteroatoms. The lowest BCUT2D eigenvalue weighted by Crippen LogP contribution is -2.26. The summed E-state index contributed by atoms with van der Waals surface area (Å²) in [7, 11) is 1.24. The molecule has 0 aliphatic carbocycles. The van der Waals surface area contributed by atoms with E-state index >= 15 is 0 Å². The van der Waals surface area contributed by atoms with E-state index in [1.165, 1.54) is 23.9 Å². The Morgan fingerprint density at radius 3 is 2.47 bits per heavy atom. The van der Waals surface area contributed by atoms with Crippen LogP contribution < -0.4 is 16.4 Å². The lowest BCUT2D eigenvalue weighted by molar-refractivity contribution is 0.203. The first-order valence-corrected chi connectivity index (χ1v) is 8.91. The van der Waals surface area contributed by atoms with Gasteiger partial charge in [0.25, 0.3) is 0 Å². The van der Waals surface area contributed by atoms with Crippen molar-refractivity contribution in [3.05, 3.63) is 53.7 Å². The molecule has 0 fully saturated rings. The number of carboxylic acid groups (broad SMARTS) is 1. The summed E-state index contributed by atoms with van der Waals surface area (Å²) in [5.74, 6) is -1.51. The molecule has 3 heterocycles. The number of rotatable bonds is 4. The number of anilines is 3. The molecule has 0 saturated heterocycles. The van der Waals surface area contributed by atoms with Crippen molar-refractivity contribution in [1.82, 2.24) is 24.7 Å². The summed E-state index contributed by atoms with van der Waals surface area (Å²) < 4.78 is 29.4. The fourth-order valence-electron chi connectivity index (χ4n) is 3.13. The monoisotopic (exact) mass is 462 g/mol. The number of nitrogen functional groups attached to an aromatic ring is 2. The van der Waals surface area contributed by atoms with E-state index < -0.39 is 17.7 Å². The summed E-state index contributed by atoms with van der Waals surface area (Å²) in [6.07, 6.45) is -0.291. The normalized spacial score (nSPS) is 10.7. The summed E-state index contributed by atoms with van der Waals surface area (Å²) >= 11 is 0. The highest BCUT2D eigenvalue weighted by atomic mass is 35.5. The van der Waals surface area contributed by atoms with Crippen LogP contribution in [0.3, 0.4) is 0 Å². The van der Waals surface area contributed by atoms with Crippen molar-refractivity contribution < 1.29 is 18.7 Å². The van der Waals surface area contributed by atoms with Crippen LogP contribution in [0.4, 0.5) is 30.9 Å². The van der Waals surface area contributed by atoms with Crippen LogP contribution in [0.25, 0.3) is 22.6 Å². The molecule has 5 N–H and O–H groups in total. The van der Waals surface area contributed by atoms with Gasteiger partial charge in [-0.25, -0.2) is 33.2 Å². The number of nitrogens with two attached hydrogens (primary N) is 2. The van der Waals surface area contributed by atoms with E-state index in [-0.39, 0.29) is 58.8 Å². The maximum absolute atomic E-state index is 14.1. The van der Waals surface area contributed by atoms with E-state index in [2.05, 4.69) is 20.1 Å². The third kappa shape index (κ3) is 3.95. The molecule has 0 aliphatic rings. The van der Waals surface area contributed by atoms with Crippen molar-refractivity contribution in [2.45, 2.75) is 6.54 Å². The van der Waals surface area contributed by atoms with Gasteiger partial charge in [-0.2, -0.15) is 5.10 Å². The molecule has 4 rings (SSSR count). The molecule has 0 radical (unpaired) electrons. The van der Waals surface area contributed by atoms with Gasteiger partial charge >= 0.3 is 6.09 Å². The molecule has 166 valence electrons. The molecule has 3 aromatic heterocycles. The fraction of sp³-hybridized carbons (Fsp3) is 0.105. The zero-order chi connectivity index (χ0) is 22.3. The van der Waals surface area contributed by atoms with Crippen LogP contribution in [-0.2, 0) is 6.54 Å². The number of pyridine rings is 1. The van der Waals surface area contributed by atoms with Crippen molar-refractivity contribution in [2.75, 3.05) is 23.4 Å². The van der Waals surface area contributed by atoms with Crippen molar-refractivity contribution in [3.63, 3.8) is 0 Å². The zero-order valence-corrected chi connectivity index (χ0v) is 17.3. The number of nitrogens with zero attached hydrogens (tertiary/aromatic N) is 6. The number of amides is 1. The second kappa shape index (κ2) is 8.59. The van der Waals surface area contributed by atoms with E-state index in [0.29, 0.717) is 5.56 Å². The van der Waals surface area contributed by atoms with Crippen molar-refractivity contribution in [2.24, 2.45) is 0 Å². The lowest BCUT2D eigenvalue weighted by atomic mass is 10.2. The van der Waals surface area contributed by atoms with E-state index in [0.717, 1.165) is 11.1 Å². The van der Waals surface area contributed by atoms with Gasteiger partial charge in [-0.1, -0.05) is 18.2 Å². The molecule has 0 aliphatic heterocycles. The number of carbonyl (C=O) groups is 1. The molecular formula is C19H17ClF2N8O2. The van der Waals surface area contributed by atoms with Crippen LogP contribution in [0, 0.1) is 11.6 Å². The summed E-state index contributed by atoms with van der Waals surface area (Å²) in [6, 6.07) is 7.34. The van der Waals surface area contributed by atoms with Gasteiger partial charge in [0.15, 0.2) is 23.1 Å². The van der Waals surface area contributed by atoms with E-state index in [1.807, 2.05) is 0 Å². The first-order chi connectivity index (χ1) is 14.8. The molecule has 0 spiro atoms. The highest BCUT2D eigenvalue weighted by Gasteiger charge is 2.23. The standard InChI is InChI=1S/C19H16F2N8O2.ClH/c1-28(19(30)31)14-15(22)25-17(26-16(14)23)13-11-6-10(20)7-24-18(11)29(27-13)8-9-4-2-3-5-12(9)21;/h2-7H,8H2,1H3,(H,30,31)(H4,22,23,25,26);1H. The number of aromatic nitrogens is 5. The molecule has 1 aromatic carbocycles. The topological polar surface area (TPSA) is 149 Å². The minimum absolute atomic E-state index is 0. The third-order valence-corrected chi connectivity index (χ3v) is 4.60. The van der Waals surface area contributed by atoms with Crippen molar-refractivity contribution in [3.8, 4) is 11.5 Å². The van der Waals surface area contributed by atoms with E-state index in [4.69, 9.17) is 11.5 Å². The van der Waals surface area contributed by atoms with Gasteiger partial charge in [0, 0.05) is 12.6 Å². The predicted octanol–water partition coefficient (Wildman–Crippen LogP) is 2.92. The Bertz CT molecular complexity index is 1310. The number of fused-ring (bicyclic) bond motifs is 1. The lowest BCUT2D eigenvalue weighted by Gasteiger charge is -2.16. The van der Waals surface area contributed by atoms with Gasteiger partial charge < -0.3 is 16.6 Å².